The summed E-state index contributed by atoms with van der Waals surface area (Å²) in [6.45, 7) is 1.86. The van der Waals surface area contributed by atoms with Crippen LogP contribution in [0, 0.1) is 12.7 Å². The molecule has 3 rings (SSSR count). The molecule has 0 fully saturated rings. The van der Waals surface area contributed by atoms with E-state index in [1.165, 1.54) is 6.07 Å². The second-order valence-electron chi connectivity index (χ2n) is 4.34. The molecule has 6 heteroatoms. The quantitative estimate of drug-likeness (QED) is 0.554. The van der Waals surface area contributed by atoms with Gasteiger partial charge in [-0.25, -0.2) is 9.37 Å². The Morgan fingerprint density at radius 2 is 2.00 bits per heavy atom. The fraction of sp³-hybridized carbons (Fsp3) is 0.0714. The van der Waals surface area contributed by atoms with Gasteiger partial charge in [0.05, 0.1) is 14.7 Å². The Morgan fingerprint density at radius 1 is 1.20 bits per heavy atom. The van der Waals surface area contributed by atoms with Gasteiger partial charge in [0, 0.05) is 10.2 Å². The number of nitrogens with one attached hydrogen (secondary N) is 1. The van der Waals surface area contributed by atoms with E-state index < -0.39 is 0 Å². The largest absolute Gasteiger partial charge is 0.331 e. The third-order valence-corrected chi connectivity index (χ3v) is 4.89. The number of hydrogen-bond donors (Lipinski definition) is 1. The summed E-state index contributed by atoms with van der Waals surface area (Å²) in [4.78, 5) is 4.52. The molecule has 0 spiro atoms. The smallest absolute Gasteiger partial charge is 0.188 e. The van der Waals surface area contributed by atoms with E-state index in [1.54, 1.807) is 17.4 Å². The van der Waals surface area contributed by atoms with Gasteiger partial charge in [0.2, 0.25) is 0 Å². The number of benzene rings is 2. The minimum atomic E-state index is -0.263. The molecule has 0 aliphatic rings. The summed E-state index contributed by atoms with van der Waals surface area (Å²) >= 11 is 8.21. The van der Waals surface area contributed by atoms with Gasteiger partial charge in [-0.05, 0) is 58.7 Å². The predicted octanol–water partition coefficient (Wildman–Crippen LogP) is 6.01. The minimum absolute atomic E-state index is 0.263. The summed E-state index contributed by atoms with van der Waals surface area (Å²) in [5, 5.41) is 4.04. The zero-order valence-electron chi connectivity index (χ0n) is 10.4. The molecule has 102 valence electrons. The van der Waals surface area contributed by atoms with Crippen molar-refractivity contribution in [1.82, 2.24) is 4.98 Å². The maximum atomic E-state index is 13.4. The monoisotopic (exact) mass is 414 g/mol. The lowest BCUT2D eigenvalue weighted by Crippen LogP contribution is -1.94. The molecule has 0 aliphatic heterocycles. The van der Waals surface area contributed by atoms with Crippen LogP contribution in [0.5, 0.6) is 0 Å². The third-order valence-electron chi connectivity index (χ3n) is 2.86. The van der Waals surface area contributed by atoms with E-state index >= 15 is 0 Å². The van der Waals surface area contributed by atoms with Gasteiger partial charge in [0.25, 0.3) is 0 Å². The van der Waals surface area contributed by atoms with Crippen molar-refractivity contribution >= 4 is 64.2 Å². The summed E-state index contributed by atoms with van der Waals surface area (Å²) in [6, 6.07) is 9.19. The van der Waals surface area contributed by atoms with E-state index in [-0.39, 0.29) is 5.82 Å². The van der Waals surface area contributed by atoms with Gasteiger partial charge in [0.15, 0.2) is 5.13 Å². The van der Waals surface area contributed by atoms with E-state index in [1.807, 2.05) is 25.1 Å². The molecule has 2 nitrogen and oxygen atoms in total. The van der Waals surface area contributed by atoms with E-state index in [0.717, 1.165) is 31.1 Å². The Morgan fingerprint density at radius 3 is 2.80 bits per heavy atom. The third kappa shape index (κ3) is 2.73. The summed E-state index contributed by atoms with van der Waals surface area (Å²) in [5.41, 5.74) is 2.63. The Hall–Kier alpha value is -0.980. The molecular weight excluding hydrogens is 407 g/mol. The van der Waals surface area contributed by atoms with Gasteiger partial charge in [-0.2, -0.15) is 0 Å². The summed E-state index contributed by atoms with van der Waals surface area (Å²) in [5.74, 6) is -0.263. The molecule has 0 aliphatic carbocycles. The van der Waals surface area contributed by atoms with Crippen molar-refractivity contribution in [3.63, 3.8) is 0 Å². The molecule has 1 heterocycles. The van der Waals surface area contributed by atoms with Crippen molar-refractivity contribution < 1.29 is 4.39 Å². The second-order valence-corrected chi connectivity index (χ2v) is 7.14. The number of nitrogens with zero attached hydrogens (tertiary/aromatic N) is 1. The normalized spacial score (nSPS) is 11.0. The molecular formula is C14H9Br2FN2S. The molecule has 3 aromatic rings. The van der Waals surface area contributed by atoms with Crippen LogP contribution in [0.25, 0.3) is 10.2 Å². The highest BCUT2D eigenvalue weighted by atomic mass is 79.9. The summed E-state index contributed by atoms with van der Waals surface area (Å²) in [6.07, 6.45) is 0. The first-order chi connectivity index (χ1) is 9.52. The average molecular weight is 416 g/mol. The van der Waals surface area contributed by atoms with Gasteiger partial charge < -0.3 is 5.32 Å². The molecule has 0 amide bonds. The number of fused-ring (bicyclic) bond motifs is 1. The van der Waals surface area contributed by atoms with Crippen molar-refractivity contribution in [3.05, 3.63) is 50.7 Å². The first-order valence-corrected chi connectivity index (χ1v) is 8.22. The summed E-state index contributed by atoms with van der Waals surface area (Å²) in [7, 11) is 0. The fourth-order valence-electron chi connectivity index (χ4n) is 1.85. The molecule has 1 aromatic heterocycles. The van der Waals surface area contributed by atoms with E-state index in [9.17, 15) is 4.39 Å². The van der Waals surface area contributed by atoms with E-state index in [4.69, 9.17) is 0 Å². The highest BCUT2D eigenvalue weighted by Gasteiger charge is 2.09. The zero-order valence-corrected chi connectivity index (χ0v) is 14.4. The van der Waals surface area contributed by atoms with Gasteiger partial charge in [-0.3, -0.25) is 0 Å². The van der Waals surface area contributed by atoms with Crippen LogP contribution in [0.4, 0.5) is 15.2 Å². The minimum Gasteiger partial charge on any atom is -0.331 e. The maximum absolute atomic E-state index is 13.4. The Balaban J connectivity index is 1.99. The molecule has 0 radical (unpaired) electrons. The molecule has 0 bridgehead atoms. The van der Waals surface area contributed by atoms with E-state index in [0.29, 0.717) is 4.47 Å². The molecule has 0 saturated heterocycles. The molecule has 0 saturated carbocycles. The van der Waals surface area contributed by atoms with Crippen LogP contribution in [0.2, 0.25) is 0 Å². The standard InChI is InChI=1S/C14H9Br2FN2S/c1-7-4-10(17)9(16)6-12(7)19-14-18-11-3-2-8(15)5-13(11)20-14/h2-6H,1H3,(H,18,19). The lowest BCUT2D eigenvalue weighted by molar-refractivity contribution is 0.620. The molecule has 0 atom stereocenters. The van der Waals surface area contributed by atoms with Gasteiger partial charge >= 0.3 is 0 Å². The number of rotatable bonds is 2. The number of hydrogen-bond acceptors (Lipinski definition) is 3. The lowest BCUT2D eigenvalue weighted by Gasteiger charge is -2.07. The van der Waals surface area contributed by atoms with Crippen LogP contribution in [-0.2, 0) is 0 Å². The van der Waals surface area contributed by atoms with Gasteiger partial charge in [-0.15, -0.1) is 0 Å². The number of aryl methyl sites for hydroxylation is 1. The Labute approximate surface area is 136 Å². The Kier molecular flexibility index (Phi) is 3.79. The van der Waals surface area contributed by atoms with Crippen LogP contribution in [0.1, 0.15) is 5.56 Å². The SMILES string of the molecule is Cc1cc(F)c(Br)cc1Nc1nc2ccc(Br)cc2s1. The fourth-order valence-corrected chi connectivity index (χ4v) is 3.62. The zero-order chi connectivity index (χ0) is 14.3. The van der Waals surface area contributed by atoms with Crippen molar-refractivity contribution in [2.45, 2.75) is 6.92 Å². The number of aromatic nitrogens is 1. The van der Waals surface area contributed by atoms with Gasteiger partial charge in [-0.1, -0.05) is 27.3 Å². The van der Waals surface area contributed by atoms with E-state index in [2.05, 4.69) is 42.2 Å². The van der Waals surface area contributed by atoms with Gasteiger partial charge in [0.1, 0.15) is 5.82 Å². The number of thiazole rings is 1. The predicted molar refractivity (Wildman–Crippen MR) is 89.4 cm³/mol. The molecule has 0 unspecified atom stereocenters. The van der Waals surface area contributed by atoms with Crippen LogP contribution >= 0.6 is 43.2 Å². The highest BCUT2D eigenvalue weighted by Crippen LogP contribution is 2.32. The topological polar surface area (TPSA) is 24.9 Å². The van der Waals surface area contributed by atoms with Crippen LogP contribution in [0.15, 0.2) is 39.3 Å². The Bertz CT molecular complexity index is 801. The average Bonchev–Trinajstić information content (AvgIpc) is 2.77. The first kappa shape index (κ1) is 14.0. The summed E-state index contributed by atoms with van der Waals surface area (Å²) < 4.78 is 16.0. The van der Waals surface area contributed by atoms with Crippen LogP contribution in [-0.4, -0.2) is 4.98 Å². The molecule has 2 aromatic carbocycles. The lowest BCUT2D eigenvalue weighted by atomic mass is 10.2. The van der Waals surface area contributed by atoms with Crippen molar-refractivity contribution in [1.29, 1.82) is 0 Å². The number of anilines is 2. The van der Waals surface area contributed by atoms with Crippen molar-refractivity contribution in [2.75, 3.05) is 5.32 Å². The second kappa shape index (κ2) is 5.42. The van der Waals surface area contributed by atoms with Crippen molar-refractivity contribution in [2.24, 2.45) is 0 Å². The molecule has 20 heavy (non-hydrogen) atoms. The van der Waals surface area contributed by atoms with Crippen LogP contribution < -0.4 is 5.32 Å². The van der Waals surface area contributed by atoms with Crippen molar-refractivity contribution in [3.8, 4) is 0 Å². The first-order valence-electron chi connectivity index (χ1n) is 5.82. The van der Waals surface area contributed by atoms with Crippen LogP contribution in [0.3, 0.4) is 0 Å². The molecule has 1 N–H and O–H groups in total. The maximum Gasteiger partial charge on any atom is 0.188 e. The highest BCUT2D eigenvalue weighted by molar-refractivity contribution is 9.10. The number of halogens is 3.